The third-order valence-electron chi connectivity index (χ3n) is 3.18. The molecular formula is C16H23FN2O2. The normalized spacial score (nSPS) is 11.3. The summed E-state index contributed by atoms with van der Waals surface area (Å²) in [7, 11) is 4.03. The molecule has 0 unspecified atom stereocenters. The topological polar surface area (TPSA) is 43.8 Å². The third-order valence-corrected chi connectivity index (χ3v) is 3.18. The van der Waals surface area contributed by atoms with E-state index in [1.54, 1.807) is 6.07 Å². The fraction of sp³-hybridized carbons (Fsp3) is 0.438. The van der Waals surface area contributed by atoms with Crippen molar-refractivity contribution in [2.75, 3.05) is 38.6 Å². The minimum absolute atomic E-state index is 0.326. The van der Waals surface area contributed by atoms with Crippen LogP contribution in [0.4, 0.5) is 10.1 Å². The smallest absolute Gasteiger partial charge is 0.328 e. The first-order valence-corrected chi connectivity index (χ1v) is 7.05. The summed E-state index contributed by atoms with van der Waals surface area (Å²) >= 11 is 0. The number of rotatable bonds is 8. The molecule has 0 aliphatic rings. The molecule has 0 atom stereocenters. The van der Waals surface area contributed by atoms with Gasteiger partial charge in [0.1, 0.15) is 5.82 Å². The highest BCUT2D eigenvalue weighted by atomic mass is 19.1. The van der Waals surface area contributed by atoms with Crippen LogP contribution in [-0.4, -0.2) is 49.7 Å². The molecule has 1 aromatic carbocycles. The van der Waals surface area contributed by atoms with Crippen LogP contribution < -0.4 is 4.90 Å². The van der Waals surface area contributed by atoms with Crippen LogP contribution in [0.25, 0.3) is 6.08 Å². The van der Waals surface area contributed by atoms with Crippen LogP contribution in [0.2, 0.25) is 0 Å². The van der Waals surface area contributed by atoms with Crippen molar-refractivity contribution in [3.05, 3.63) is 35.7 Å². The highest BCUT2D eigenvalue weighted by Gasteiger charge is 2.12. The van der Waals surface area contributed by atoms with Crippen LogP contribution in [0, 0.1) is 5.82 Å². The van der Waals surface area contributed by atoms with E-state index in [-0.39, 0.29) is 0 Å². The molecule has 0 radical (unpaired) electrons. The zero-order valence-corrected chi connectivity index (χ0v) is 12.8. The molecule has 0 spiro atoms. The Kier molecular flexibility index (Phi) is 6.88. The maximum Gasteiger partial charge on any atom is 0.328 e. The summed E-state index contributed by atoms with van der Waals surface area (Å²) in [5.41, 5.74) is 1.06. The minimum Gasteiger partial charge on any atom is -0.478 e. The Morgan fingerprint density at radius 3 is 2.62 bits per heavy atom. The minimum atomic E-state index is -1.08. The Labute approximate surface area is 125 Å². The molecule has 0 bridgehead atoms. The predicted molar refractivity (Wildman–Crippen MR) is 84.1 cm³/mol. The molecule has 0 aliphatic carbocycles. The van der Waals surface area contributed by atoms with E-state index in [9.17, 15) is 9.18 Å². The van der Waals surface area contributed by atoms with Gasteiger partial charge in [-0.2, -0.15) is 0 Å². The van der Waals surface area contributed by atoms with Gasteiger partial charge in [-0.15, -0.1) is 0 Å². The quantitative estimate of drug-likeness (QED) is 0.749. The van der Waals surface area contributed by atoms with E-state index in [0.29, 0.717) is 5.56 Å². The number of nitrogens with zero attached hydrogens (tertiary/aromatic N) is 2. The summed E-state index contributed by atoms with van der Waals surface area (Å²) < 4.78 is 14.0. The van der Waals surface area contributed by atoms with E-state index in [4.69, 9.17) is 5.11 Å². The van der Waals surface area contributed by atoms with Gasteiger partial charge in [0.25, 0.3) is 0 Å². The van der Waals surface area contributed by atoms with E-state index in [2.05, 4.69) is 9.80 Å². The molecule has 1 rings (SSSR count). The van der Waals surface area contributed by atoms with E-state index in [0.717, 1.165) is 37.8 Å². The van der Waals surface area contributed by atoms with Crippen LogP contribution in [0.5, 0.6) is 0 Å². The van der Waals surface area contributed by atoms with Gasteiger partial charge in [-0.05, 0) is 52.2 Å². The first kappa shape index (κ1) is 17.2. The largest absolute Gasteiger partial charge is 0.478 e. The molecule has 0 fully saturated rings. The summed E-state index contributed by atoms with van der Waals surface area (Å²) in [5.74, 6) is -1.49. The van der Waals surface area contributed by atoms with E-state index in [1.807, 2.05) is 27.1 Å². The molecule has 116 valence electrons. The van der Waals surface area contributed by atoms with Crippen LogP contribution in [0.15, 0.2) is 24.3 Å². The zero-order chi connectivity index (χ0) is 15.8. The maximum absolute atomic E-state index is 14.0. The van der Waals surface area contributed by atoms with Crippen LogP contribution in [0.1, 0.15) is 18.9 Å². The summed E-state index contributed by atoms with van der Waals surface area (Å²) in [4.78, 5) is 14.8. The summed E-state index contributed by atoms with van der Waals surface area (Å²) in [6.07, 6.45) is 3.25. The number of carbonyl (C=O) groups is 1. The molecule has 0 aromatic heterocycles. The average molecular weight is 294 g/mol. The van der Waals surface area contributed by atoms with Crippen molar-refractivity contribution >= 4 is 17.7 Å². The van der Waals surface area contributed by atoms with Gasteiger partial charge >= 0.3 is 5.97 Å². The molecule has 1 aromatic rings. The standard InChI is InChI=1S/C16H23FN2O2/c1-4-19(12-6-11-18(2)3)15-8-5-7-14(17)13(15)9-10-16(20)21/h5,7-10H,4,6,11-12H2,1-3H3,(H,20,21)/b10-9+. The van der Waals surface area contributed by atoms with Gasteiger partial charge in [0, 0.05) is 30.4 Å². The van der Waals surface area contributed by atoms with E-state index < -0.39 is 11.8 Å². The number of anilines is 1. The molecule has 4 nitrogen and oxygen atoms in total. The Bertz CT molecular complexity index is 501. The molecular weight excluding hydrogens is 271 g/mol. The Balaban J connectivity index is 2.97. The number of carboxylic acids is 1. The molecule has 0 saturated carbocycles. The number of hydrogen-bond donors (Lipinski definition) is 1. The van der Waals surface area contributed by atoms with E-state index >= 15 is 0 Å². The van der Waals surface area contributed by atoms with Gasteiger partial charge in [-0.3, -0.25) is 0 Å². The maximum atomic E-state index is 14.0. The van der Waals surface area contributed by atoms with Gasteiger partial charge in [-0.25, -0.2) is 9.18 Å². The summed E-state index contributed by atoms with van der Waals surface area (Å²) in [6, 6.07) is 4.82. The van der Waals surface area contributed by atoms with Crippen molar-refractivity contribution in [3.8, 4) is 0 Å². The van der Waals surface area contributed by atoms with Crippen LogP contribution in [-0.2, 0) is 4.79 Å². The van der Waals surface area contributed by atoms with Crippen molar-refractivity contribution in [3.63, 3.8) is 0 Å². The second-order valence-corrected chi connectivity index (χ2v) is 5.08. The van der Waals surface area contributed by atoms with Crippen molar-refractivity contribution < 1.29 is 14.3 Å². The van der Waals surface area contributed by atoms with Gasteiger partial charge < -0.3 is 14.9 Å². The number of halogens is 1. The number of aliphatic carboxylic acids is 1. The number of carboxylic acid groups (broad SMARTS) is 1. The second kappa shape index (κ2) is 8.42. The van der Waals surface area contributed by atoms with E-state index in [1.165, 1.54) is 12.1 Å². The van der Waals surface area contributed by atoms with Crippen molar-refractivity contribution in [1.29, 1.82) is 0 Å². The van der Waals surface area contributed by atoms with Crippen molar-refractivity contribution in [2.45, 2.75) is 13.3 Å². The highest BCUT2D eigenvalue weighted by molar-refractivity contribution is 5.87. The molecule has 0 heterocycles. The molecule has 0 amide bonds. The second-order valence-electron chi connectivity index (χ2n) is 5.08. The lowest BCUT2D eigenvalue weighted by atomic mass is 10.1. The van der Waals surface area contributed by atoms with Crippen LogP contribution in [0.3, 0.4) is 0 Å². The Hall–Kier alpha value is -1.88. The lowest BCUT2D eigenvalue weighted by Gasteiger charge is -2.26. The highest BCUT2D eigenvalue weighted by Crippen LogP contribution is 2.25. The van der Waals surface area contributed by atoms with Gasteiger partial charge in [0.2, 0.25) is 0 Å². The lowest BCUT2D eigenvalue weighted by Crippen LogP contribution is -2.27. The van der Waals surface area contributed by atoms with Crippen molar-refractivity contribution in [1.82, 2.24) is 4.90 Å². The van der Waals surface area contributed by atoms with Gasteiger partial charge in [0.15, 0.2) is 0 Å². The first-order chi connectivity index (χ1) is 9.95. The number of benzene rings is 1. The summed E-state index contributed by atoms with van der Waals surface area (Å²) in [5, 5.41) is 8.73. The molecule has 0 aliphatic heterocycles. The van der Waals surface area contributed by atoms with Crippen molar-refractivity contribution in [2.24, 2.45) is 0 Å². The lowest BCUT2D eigenvalue weighted by molar-refractivity contribution is -0.131. The zero-order valence-electron chi connectivity index (χ0n) is 12.8. The fourth-order valence-corrected chi connectivity index (χ4v) is 2.15. The summed E-state index contributed by atoms with van der Waals surface area (Å²) in [6.45, 7) is 4.49. The van der Waals surface area contributed by atoms with Gasteiger partial charge in [0.05, 0.1) is 0 Å². The molecule has 1 N–H and O–H groups in total. The number of hydrogen-bond acceptors (Lipinski definition) is 3. The SMILES string of the molecule is CCN(CCCN(C)C)c1cccc(F)c1/C=C/C(=O)O. The molecule has 5 heteroatoms. The monoisotopic (exact) mass is 294 g/mol. The van der Waals surface area contributed by atoms with Crippen LogP contribution >= 0.6 is 0 Å². The fourth-order valence-electron chi connectivity index (χ4n) is 2.15. The molecule has 0 saturated heterocycles. The Morgan fingerprint density at radius 2 is 2.05 bits per heavy atom. The van der Waals surface area contributed by atoms with Gasteiger partial charge in [-0.1, -0.05) is 6.07 Å². The Morgan fingerprint density at radius 1 is 1.33 bits per heavy atom. The average Bonchev–Trinajstić information content (AvgIpc) is 2.41. The molecule has 21 heavy (non-hydrogen) atoms. The third kappa shape index (κ3) is 5.55. The first-order valence-electron chi connectivity index (χ1n) is 7.05. The predicted octanol–water partition coefficient (Wildman–Crippen LogP) is 2.70.